The van der Waals surface area contributed by atoms with Crippen LogP contribution in [-0.4, -0.2) is 41.3 Å². The number of hydrogen-bond acceptors (Lipinski definition) is 6. The molecule has 3 heterocycles. The molecule has 2 N–H and O–H groups in total. The maximum Gasteiger partial charge on any atom is 0.226 e. The third-order valence-corrected chi connectivity index (χ3v) is 4.77. The second-order valence-corrected chi connectivity index (χ2v) is 6.44. The molecule has 1 unspecified atom stereocenters. The van der Waals surface area contributed by atoms with Crippen molar-refractivity contribution in [3.63, 3.8) is 0 Å². The Kier molecular flexibility index (Phi) is 4.55. The van der Waals surface area contributed by atoms with Crippen molar-refractivity contribution in [2.24, 2.45) is 5.92 Å². The van der Waals surface area contributed by atoms with Crippen LogP contribution < -0.4 is 10.2 Å². The van der Waals surface area contributed by atoms with Gasteiger partial charge in [0.2, 0.25) is 5.95 Å². The molecule has 0 spiro atoms. The second kappa shape index (κ2) is 6.58. The third kappa shape index (κ3) is 3.11. The highest BCUT2D eigenvalue weighted by Gasteiger charge is 2.25. The Balaban J connectivity index is 1.87. The molecule has 21 heavy (non-hydrogen) atoms. The molecule has 2 aromatic rings. The molecular formula is C15H22N4OS. The van der Waals surface area contributed by atoms with Crippen molar-refractivity contribution < 1.29 is 5.11 Å². The van der Waals surface area contributed by atoms with Crippen molar-refractivity contribution in [2.75, 3.05) is 36.5 Å². The summed E-state index contributed by atoms with van der Waals surface area (Å²) in [6.45, 7) is 5.30. The molecule has 1 aliphatic heterocycles. The smallest absolute Gasteiger partial charge is 0.226 e. The van der Waals surface area contributed by atoms with Crippen molar-refractivity contribution in [2.45, 2.75) is 26.2 Å². The Morgan fingerprint density at radius 3 is 3.19 bits per heavy atom. The van der Waals surface area contributed by atoms with Crippen LogP contribution in [0.5, 0.6) is 0 Å². The Bertz CT molecular complexity index is 600. The van der Waals surface area contributed by atoms with Gasteiger partial charge >= 0.3 is 0 Å². The van der Waals surface area contributed by atoms with E-state index in [1.54, 1.807) is 11.3 Å². The van der Waals surface area contributed by atoms with Crippen LogP contribution in [0.4, 0.5) is 11.8 Å². The van der Waals surface area contributed by atoms with Crippen molar-refractivity contribution in [3.8, 4) is 0 Å². The fraction of sp³-hybridized carbons (Fsp3) is 0.600. The summed E-state index contributed by atoms with van der Waals surface area (Å²) in [5.41, 5.74) is 0. The van der Waals surface area contributed by atoms with Crippen LogP contribution in [-0.2, 0) is 0 Å². The lowest BCUT2D eigenvalue weighted by Crippen LogP contribution is -2.22. The zero-order chi connectivity index (χ0) is 14.7. The number of anilines is 2. The zero-order valence-corrected chi connectivity index (χ0v) is 13.2. The van der Waals surface area contributed by atoms with Gasteiger partial charge in [0.15, 0.2) is 0 Å². The van der Waals surface area contributed by atoms with Crippen LogP contribution in [0.15, 0.2) is 11.4 Å². The molecule has 0 radical (unpaired) electrons. The minimum absolute atomic E-state index is 0.277. The summed E-state index contributed by atoms with van der Waals surface area (Å²) in [5.74, 6) is 2.35. The molecule has 0 amide bonds. The lowest BCUT2D eigenvalue weighted by Gasteiger charge is -2.19. The number of fused-ring (bicyclic) bond motifs is 1. The Morgan fingerprint density at radius 1 is 1.48 bits per heavy atom. The summed E-state index contributed by atoms with van der Waals surface area (Å²) in [7, 11) is 0. The van der Waals surface area contributed by atoms with Crippen LogP contribution in [0, 0.1) is 5.92 Å². The zero-order valence-electron chi connectivity index (χ0n) is 12.4. The topological polar surface area (TPSA) is 61.3 Å². The van der Waals surface area contributed by atoms with E-state index < -0.39 is 0 Å². The van der Waals surface area contributed by atoms with E-state index in [1.807, 2.05) is 0 Å². The number of nitrogens with zero attached hydrogens (tertiary/aromatic N) is 3. The van der Waals surface area contributed by atoms with Crippen LogP contribution in [0.3, 0.4) is 0 Å². The first-order valence-electron chi connectivity index (χ1n) is 7.66. The Hall–Kier alpha value is -1.40. The van der Waals surface area contributed by atoms with E-state index in [9.17, 15) is 0 Å². The molecule has 1 aliphatic rings. The number of aliphatic hydroxyl groups is 1. The van der Waals surface area contributed by atoms with Crippen LogP contribution in [0.2, 0.25) is 0 Å². The highest BCUT2D eigenvalue weighted by atomic mass is 32.1. The lowest BCUT2D eigenvalue weighted by molar-refractivity contribution is 0.263. The minimum atomic E-state index is 0.277. The van der Waals surface area contributed by atoms with Gasteiger partial charge in [-0.25, -0.2) is 4.98 Å². The van der Waals surface area contributed by atoms with Gasteiger partial charge in [-0.3, -0.25) is 0 Å². The normalized spacial score (nSPS) is 18.6. The van der Waals surface area contributed by atoms with Crippen molar-refractivity contribution in [1.82, 2.24) is 9.97 Å². The molecule has 0 bridgehead atoms. The molecule has 114 valence electrons. The van der Waals surface area contributed by atoms with Gasteiger partial charge in [0, 0.05) is 26.2 Å². The predicted octanol–water partition coefficient (Wildman–Crippen LogP) is 2.72. The van der Waals surface area contributed by atoms with E-state index >= 15 is 0 Å². The quantitative estimate of drug-likeness (QED) is 0.859. The first-order valence-corrected chi connectivity index (χ1v) is 8.54. The predicted molar refractivity (Wildman–Crippen MR) is 88.2 cm³/mol. The summed E-state index contributed by atoms with van der Waals surface area (Å²) in [5, 5.41) is 15.6. The summed E-state index contributed by atoms with van der Waals surface area (Å²) in [4.78, 5) is 12.7. The number of rotatable bonds is 6. The number of nitrogens with one attached hydrogen (secondary N) is 1. The maximum atomic E-state index is 9.11. The van der Waals surface area contributed by atoms with E-state index in [4.69, 9.17) is 10.1 Å². The molecule has 1 saturated heterocycles. The number of hydrogen-bond donors (Lipinski definition) is 2. The molecular weight excluding hydrogens is 284 g/mol. The van der Waals surface area contributed by atoms with Crippen molar-refractivity contribution in [3.05, 3.63) is 11.4 Å². The number of aromatic nitrogens is 2. The largest absolute Gasteiger partial charge is 0.396 e. The first-order chi connectivity index (χ1) is 10.3. The summed E-state index contributed by atoms with van der Waals surface area (Å²) >= 11 is 1.66. The molecule has 1 atom stereocenters. The first kappa shape index (κ1) is 14.5. The standard InChI is InChI=1S/C15H22N4OS/c1-2-6-16-15-17-13(12-5-9-21-14(12)18-15)19-7-3-11(10-19)4-8-20/h5,9,11,20H,2-4,6-8,10H2,1H3,(H,16,17,18). The molecule has 1 fully saturated rings. The Labute approximate surface area is 129 Å². The van der Waals surface area contributed by atoms with E-state index in [2.05, 4.69) is 33.6 Å². The lowest BCUT2D eigenvalue weighted by atomic mass is 10.1. The minimum Gasteiger partial charge on any atom is -0.396 e. The fourth-order valence-electron chi connectivity index (χ4n) is 2.84. The van der Waals surface area contributed by atoms with Crippen LogP contribution >= 0.6 is 11.3 Å². The molecule has 6 heteroatoms. The number of aliphatic hydroxyl groups excluding tert-OH is 1. The van der Waals surface area contributed by atoms with Gasteiger partial charge in [0.1, 0.15) is 10.6 Å². The molecule has 3 rings (SSSR count). The van der Waals surface area contributed by atoms with Gasteiger partial charge in [-0.05, 0) is 36.6 Å². The summed E-state index contributed by atoms with van der Waals surface area (Å²) < 4.78 is 0. The fourth-order valence-corrected chi connectivity index (χ4v) is 3.60. The average molecular weight is 306 g/mol. The second-order valence-electron chi connectivity index (χ2n) is 5.55. The molecule has 0 saturated carbocycles. The van der Waals surface area contributed by atoms with Gasteiger partial charge in [0.05, 0.1) is 5.39 Å². The van der Waals surface area contributed by atoms with Gasteiger partial charge in [0.25, 0.3) is 0 Å². The molecule has 2 aromatic heterocycles. The molecule has 0 aliphatic carbocycles. The van der Waals surface area contributed by atoms with Gasteiger partial charge < -0.3 is 15.3 Å². The van der Waals surface area contributed by atoms with Crippen molar-refractivity contribution >= 4 is 33.3 Å². The van der Waals surface area contributed by atoms with Crippen LogP contribution in [0.25, 0.3) is 10.2 Å². The van der Waals surface area contributed by atoms with E-state index in [1.165, 1.54) is 0 Å². The highest BCUT2D eigenvalue weighted by Crippen LogP contribution is 2.32. The number of thiophene rings is 1. The van der Waals surface area contributed by atoms with Gasteiger partial charge in [-0.15, -0.1) is 11.3 Å². The summed E-state index contributed by atoms with van der Waals surface area (Å²) in [6, 6.07) is 2.11. The molecule has 0 aromatic carbocycles. The van der Waals surface area contributed by atoms with Gasteiger partial charge in [-0.2, -0.15) is 4.98 Å². The van der Waals surface area contributed by atoms with Gasteiger partial charge in [-0.1, -0.05) is 6.92 Å². The third-order valence-electron chi connectivity index (χ3n) is 3.96. The van der Waals surface area contributed by atoms with Crippen molar-refractivity contribution in [1.29, 1.82) is 0 Å². The maximum absolute atomic E-state index is 9.11. The SMILES string of the molecule is CCCNc1nc(N2CCC(CCO)C2)c2ccsc2n1. The van der Waals surface area contributed by atoms with Crippen LogP contribution in [0.1, 0.15) is 26.2 Å². The van der Waals surface area contributed by atoms with E-state index in [0.717, 1.165) is 60.9 Å². The monoisotopic (exact) mass is 306 g/mol. The summed E-state index contributed by atoms with van der Waals surface area (Å²) in [6.07, 6.45) is 3.08. The average Bonchev–Trinajstić information content (AvgIpc) is 3.13. The highest BCUT2D eigenvalue weighted by molar-refractivity contribution is 7.16. The van der Waals surface area contributed by atoms with E-state index in [0.29, 0.717) is 5.92 Å². The Morgan fingerprint density at radius 2 is 2.38 bits per heavy atom. The molecule has 5 nitrogen and oxygen atoms in total. The van der Waals surface area contributed by atoms with E-state index in [-0.39, 0.29) is 6.61 Å².